The van der Waals surface area contributed by atoms with Crippen molar-refractivity contribution in [3.8, 4) is 17.2 Å². The lowest BCUT2D eigenvalue weighted by Gasteiger charge is -2.10. The Morgan fingerprint density at radius 1 is 0.676 bits per heavy atom. The van der Waals surface area contributed by atoms with E-state index in [0.29, 0.717) is 17.9 Å². The normalized spacial score (nSPS) is 11.7. The standard InChI is InChI=1S/C30H44O4/c1-4-6-7-8-9-10-11-12-23-32-28-19-21-29(22-20-28)34-30(31)26-15-17-27(18-16-26)33-24-13-14-25(3)5-2/h15-22,25H,4-14,23-24H2,1-3H3/t25-/m0/s1. The zero-order chi connectivity index (χ0) is 24.4. The number of carbonyl (C=O) groups is 1. The van der Waals surface area contributed by atoms with E-state index in [4.69, 9.17) is 14.2 Å². The largest absolute Gasteiger partial charge is 0.494 e. The quantitative estimate of drug-likeness (QED) is 0.125. The van der Waals surface area contributed by atoms with Crippen LogP contribution in [0.4, 0.5) is 0 Å². The summed E-state index contributed by atoms with van der Waals surface area (Å²) in [7, 11) is 0. The first-order valence-corrected chi connectivity index (χ1v) is 13.3. The van der Waals surface area contributed by atoms with Crippen molar-refractivity contribution in [3.63, 3.8) is 0 Å². The molecule has 0 aliphatic heterocycles. The molecule has 188 valence electrons. The molecule has 2 aromatic carbocycles. The van der Waals surface area contributed by atoms with E-state index < -0.39 is 0 Å². The summed E-state index contributed by atoms with van der Waals surface area (Å²) in [4.78, 5) is 12.4. The molecule has 34 heavy (non-hydrogen) atoms. The number of rotatable bonds is 18. The molecule has 0 aliphatic carbocycles. The molecule has 0 saturated carbocycles. The van der Waals surface area contributed by atoms with Crippen LogP contribution in [0.3, 0.4) is 0 Å². The lowest BCUT2D eigenvalue weighted by Crippen LogP contribution is -2.08. The lowest BCUT2D eigenvalue weighted by atomic mass is 10.0. The van der Waals surface area contributed by atoms with Gasteiger partial charge in [0.15, 0.2) is 0 Å². The number of esters is 1. The highest BCUT2D eigenvalue weighted by atomic mass is 16.5. The van der Waals surface area contributed by atoms with Crippen molar-refractivity contribution in [3.05, 3.63) is 54.1 Å². The minimum Gasteiger partial charge on any atom is -0.494 e. The van der Waals surface area contributed by atoms with Crippen LogP contribution in [0.5, 0.6) is 17.2 Å². The summed E-state index contributed by atoms with van der Waals surface area (Å²) in [5, 5.41) is 0. The third kappa shape index (κ3) is 11.6. The van der Waals surface area contributed by atoms with Crippen molar-refractivity contribution in [1.29, 1.82) is 0 Å². The van der Waals surface area contributed by atoms with Crippen LogP contribution in [0.1, 0.15) is 102 Å². The van der Waals surface area contributed by atoms with E-state index >= 15 is 0 Å². The zero-order valence-corrected chi connectivity index (χ0v) is 21.5. The molecule has 0 aromatic heterocycles. The second-order valence-corrected chi connectivity index (χ2v) is 9.21. The second-order valence-electron chi connectivity index (χ2n) is 9.21. The SMILES string of the molecule is CCCCCCCCCCOc1ccc(OC(=O)c2ccc(OCCC[C@@H](C)CC)cc2)cc1. The summed E-state index contributed by atoms with van der Waals surface area (Å²) < 4.78 is 17.1. The number of carbonyl (C=O) groups excluding carboxylic acids is 1. The van der Waals surface area contributed by atoms with Crippen molar-refractivity contribution >= 4 is 5.97 Å². The molecule has 4 nitrogen and oxygen atoms in total. The Morgan fingerprint density at radius 2 is 1.18 bits per heavy atom. The molecule has 0 amide bonds. The van der Waals surface area contributed by atoms with Gasteiger partial charge >= 0.3 is 5.97 Å². The van der Waals surface area contributed by atoms with Gasteiger partial charge in [0.1, 0.15) is 17.2 Å². The number of benzene rings is 2. The van der Waals surface area contributed by atoms with Crippen molar-refractivity contribution in [2.75, 3.05) is 13.2 Å². The van der Waals surface area contributed by atoms with E-state index in [0.717, 1.165) is 36.9 Å². The molecule has 4 heteroatoms. The Labute approximate surface area is 207 Å². The van der Waals surface area contributed by atoms with Crippen LogP contribution in [-0.2, 0) is 0 Å². The summed E-state index contributed by atoms with van der Waals surface area (Å²) in [5.41, 5.74) is 0.502. The summed E-state index contributed by atoms with van der Waals surface area (Å²) in [6.07, 6.45) is 13.7. The van der Waals surface area contributed by atoms with E-state index in [9.17, 15) is 4.79 Å². The van der Waals surface area contributed by atoms with Crippen LogP contribution in [0.15, 0.2) is 48.5 Å². The van der Waals surface area contributed by atoms with Gasteiger partial charge in [-0.2, -0.15) is 0 Å². The molecule has 0 unspecified atom stereocenters. The number of ether oxygens (including phenoxy) is 3. The summed E-state index contributed by atoms with van der Waals surface area (Å²) in [6.45, 7) is 8.14. The molecule has 0 bridgehead atoms. The third-order valence-corrected chi connectivity index (χ3v) is 6.20. The van der Waals surface area contributed by atoms with Gasteiger partial charge in [-0.3, -0.25) is 0 Å². The molecule has 0 fully saturated rings. The number of hydrogen-bond acceptors (Lipinski definition) is 4. The minimum atomic E-state index is -0.379. The zero-order valence-electron chi connectivity index (χ0n) is 21.5. The van der Waals surface area contributed by atoms with Gasteiger partial charge in [-0.25, -0.2) is 4.79 Å². The monoisotopic (exact) mass is 468 g/mol. The predicted octanol–water partition coefficient (Wildman–Crippen LogP) is 8.63. The van der Waals surface area contributed by atoms with Gasteiger partial charge in [0, 0.05) is 0 Å². The Kier molecular flexibility index (Phi) is 13.9. The second kappa shape index (κ2) is 17.0. The summed E-state index contributed by atoms with van der Waals surface area (Å²) >= 11 is 0. The smallest absolute Gasteiger partial charge is 0.343 e. The maximum absolute atomic E-state index is 12.4. The van der Waals surface area contributed by atoms with Crippen LogP contribution in [0.25, 0.3) is 0 Å². The summed E-state index contributed by atoms with van der Waals surface area (Å²) in [5.74, 6) is 2.44. The molecule has 0 aliphatic rings. The van der Waals surface area contributed by atoms with Gasteiger partial charge < -0.3 is 14.2 Å². The fourth-order valence-corrected chi connectivity index (χ4v) is 3.71. The first kappa shape index (κ1) is 27.8. The lowest BCUT2D eigenvalue weighted by molar-refractivity contribution is 0.0734. The van der Waals surface area contributed by atoms with E-state index in [2.05, 4.69) is 20.8 Å². The topological polar surface area (TPSA) is 44.8 Å². The van der Waals surface area contributed by atoms with E-state index in [1.54, 1.807) is 24.3 Å². The first-order valence-electron chi connectivity index (χ1n) is 13.3. The highest BCUT2D eigenvalue weighted by Crippen LogP contribution is 2.20. The molecule has 0 heterocycles. The van der Waals surface area contributed by atoms with Crippen LogP contribution in [0.2, 0.25) is 0 Å². The van der Waals surface area contributed by atoms with Crippen LogP contribution < -0.4 is 14.2 Å². The van der Waals surface area contributed by atoms with E-state index in [1.807, 2.05) is 24.3 Å². The number of unbranched alkanes of at least 4 members (excludes halogenated alkanes) is 7. The molecule has 1 atom stereocenters. The van der Waals surface area contributed by atoms with Crippen LogP contribution >= 0.6 is 0 Å². The van der Waals surface area contributed by atoms with E-state index in [1.165, 1.54) is 57.8 Å². The van der Waals surface area contributed by atoms with Crippen molar-refractivity contribution in [1.82, 2.24) is 0 Å². The highest BCUT2D eigenvalue weighted by Gasteiger charge is 2.09. The van der Waals surface area contributed by atoms with Crippen molar-refractivity contribution in [2.24, 2.45) is 5.92 Å². The Hall–Kier alpha value is -2.49. The van der Waals surface area contributed by atoms with Gasteiger partial charge in [0.05, 0.1) is 18.8 Å². The maximum atomic E-state index is 12.4. The molecule has 0 spiro atoms. The van der Waals surface area contributed by atoms with Gasteiger partial charge in [-0.15, -0.1) is 0 Å². The van der Waals surface area contributed by atoms with Crippen LogP contribution in [0, 0.1) is 5.92 Å². The Bertz CT molecular complexity index is 782. The molecular formula is C30H44O4. The third-order valence-electron chi connectivity index (χ3n) is 6.20. The fourth-order valence-electron chi connectivity index (χ4n) is 3.71. The van der Waals surface area contributed by atoms with Crippen molar-refractivity contribution in [2.45, 2.75) is 91.4 Å². The molecule has 2 rings (SSSR count). The van der Waals surface area contributed by atoms with E-state index in [-0.39, 0.29) is 5.97 Å². The molecule has 0 saturated heterocycles. The van der Waals surface area contributed by atoms with Crippen LogP contribution in [-0.4, -0.2) is 19.2 Å². The maximum Gasteiger partial charge on any atom is 0.343 e. The summed E-state index contributed by atoms with van der Waals surface area (Å²) in [6, 6.07) is 14.4. The Balaban J connectivity index is 1.64. The average molecular weight is 469 g/mol. The molecule has 0 radical (unpaired) electrons. The van der Waals surface area contributed by atoms with Gasteiger partial charge in [0.2, 0.25) is 0 Å². The van der Waals surface area contributed by atoms with Gasteiger partial charge in [-0.05, 0) is 73.7 Å². The van der Waals surface area contributed by atoms with Crippen molar-refractivity contribution < 1.29 is 19.0 Å². The first-order chi connectivity index (χ1) is 16.6. The van der Waals surface area contributed by atoms with Gasteiger partial charge in [0.25, 0.3) is 0 Å². The van der Waals surface area contributed by atoms with Gasteiger partial charge in [-0.1, -0.05) is 72.1 Å². The minimum absolute atomic E-state index is 0.379. The average Bonchev–Trinajstić information content (AvgIpc) is 2.86. The molecular weight excluding hydrogens is 424 g/mol. The molecule has 2 aromatic rings. The molecule has 0 N–H and O–H groups in total. The number of hydrogen-bond donors (Lipinski definition) is 0. The predicted molar refractivity (Wildman–Crippen MR) is 140 cm³/mol. The Morgan fingerprint density at radius 3 is 1.76 bits per heavy atom. The fraction of sp³-hybridized carbons (Fsp3) is 0.567. The highest BCUT2D eigenvalue weighted by molar-refractivity contribution is 5.91.